The maximum absolute atomic E-state index is 11.6. The molecule has 0 N–H and O–H groups in total. The molecule has 0 atom stereocenters. The summed E-state index contributed by atoms with van der Waals surface area (Å²) in [6, 6.07) is 5.40. The van der Waals surface area contributed by atoms with E-state index in [0.717, 1.165) is 4.47 Å². The van der Waals surface area contributed by atoms with Crippen LogP contribution in [0.15, 0.2) is 22.7 Å². The maximum atomic E-state index is 11.6. The number of ether oxygens (including phenoxy) is 1. The van der Waals surface area contributed by atoms with Crippen LogP contribution in [0, 0.1) is 0 Å². The molecule has 1 rings (SSSR count). The summed E-state index contributed by atoms with van der Waals surface area (Å²) in [5, 5.41) is 0.672. The van der Waals surface area contributed by atoms with Crippen LogP contribution in [0.1, 0.15) is 16.8 Å². The smallest absolute Gasteiger partial charge is 0.167 e. The maximum Gasteiger partial charge on any atom is 0.167 e. The minimum Gasteiger partial charge on any atom is -0.496 e. The predicted molar refractivity (Wildman–Crippen MR) is 63.4 cm³/mol. The first-order chi connectivity index (χ1) is 6.69. The lowest BCUT2D eigenvalue weighted by Gasteiger charge is -2.06. The van der Waals surface area contributed by atoms with E-state index in [2.05, 4.69) is 31.9 Å². The first kappa shape index (κ1) is 11.7. The highest BCUT2D eigenvalue weighted by Gasteiger charge is 2.11. The molecule has 0 fully saturated rings. The molecule has 0 saturated heterocycles. The second kappa shape index (κ2) is 5.51. The summed E-state index contributed by atoms with van der Waals surface area (Å²) >= 11 is 6.56. The lowest BCUT2D eigenvalue weighted by atomic mass is 10.1. The molecule has 0 aliphatic carbocycles. The van der Waals surface area contributed by atoms with Gasteiger partial charge in [0.1, 0.15) is 5.75 Å². The van der Waals surface area contributed by atoms with Crippen LogP contribution in [-0.2, 0) is 0 Å². The summed E-state index contributed by atoms with van der Waals surface area (Å²) in [7, 11) is 1.56. The normalized spacial score (nSPS) is 9.93. The number of alkyl halides is 1. The van der Waals surface area contributed by atoms with E-state index >= 15 is 0 Å². The van der Waals surface area contributed by atoms with Crippen LogP contribution in [0.2, 0.25) is 0 Å². The Bertz CT molecular complexity index is 337. The van der Waals surface area contributed by atoms with Gasteiger partial charge in [-0.1, -0.05) is 31.9 Å². The van der Waals surface area contributed by atoms with Gasteiger partial charge in [0.15, 0.2) is 5.78 Å². The van der Waals surface area contributed by atoms with Gasteiger partial charge in [0.2, 0.25) is 0 Å². The summed E-state index contributed by atoms with van der Waals surface area (Å²) < 4.78 is 6.03. The van der Waals surface area contributed by atoms with E-state index in [9.17, 15) is 4.79 Å². The Labute approximate surface area is 99.9 Å². The van der Waals surface area contributed by atoms with E-state index in [1.165, 1.54) is 0 Å². The molecule has 0 heterocycles. The van der Waals surface area contributed by atoms with E-state index in [-0.39, 0.29) is 5.78 Å². The molecule has 2 nitrogen and oxygen atoms in total. The van der Waals surface area contributed by atoms with Crippen LogP contribution in [0.25, 0.3) is 0 Å². The van der Waals surface area contributed by atoms with E-state index in [1.54, 1.807) is 19.2 Å². The highest BCUT2D eigenvalue weighted by molar-refractivity contribution is 9.10. The van der Waals surface area contributed by atoms with Crippen LogP contribution in [0.5, 0.6) is 5.75 Å². The quantitative estimate of drug-likeness (QED) is 0.627. The average molecular weight is 322 g/mol. The summed E-state index contributed by atoms with van der Waals surface area (Å²) in [5.74, 6) is 0.705. The second-order valence-electron chi connectivity index (χ2n) is 2.71. The molecule has 1 aromatic rings. The van der Waals surface area contributed by atoms with Gasteiger partial charge in [0.05, 0.1) is 12.7 Å². The van der Waals surface area contributed by atoms with E-state index in [4.69, 9.17) is 4.74 Å². The summed E-state index contributed by atoms with van der Waals surface area (Å²) in [6.07, 6.45) is 0.484. The zero-order valence-corrected chi connectivity index (χ0v) is 10.9. The standard InChI is InChI=1S/C10H10Br2O2/c1-14-10-6-7(12)2-3-8(10)9(13)4-5-11/h2-3,6H,4-5H2,1H3. The third kappa shape index (κ3) is 2.82. The third-order valence-electron chi connectivity index (χ3n) is 1.79. The van der Waals surface area contributed by atoms with Gasteiger partial charge in [-0.3, -0.25) is 4.79 Å². The number of carbonyl (C=O) groups excluding carboxylic acids is 1. The number of hydrogen-bond acceptors (Lipinski definition) is 2. The van der Waals surface area contributed by atoms with Crippen molar-refractivity contribution in [2.24, 2.45) is 0 Å². The topological polar surface area (TPSA) is 26.3 Å². The minimum atomic E-state index is 0.0891. The van der Waals surface area contributed by atoms with Crippen LogP contribution < -0.4 is 4.74 Å². The highest BCUT2D eigenvalue weighted by Crippen LogP contribution is 2.24. The molecule has 1 aromatic carbocycles. The monoisotopic (exact) mass is 320 g/mol. The number of methoxy groups -OCH3 is 1. The van der Waals surface area contributed by atoms with Crippen molar-refractivity contribution in [1.29, 1.82) is 0 Å². The van der Waals surface area contributed by atoms with Crippen molar-refractivity contribution in [1.82, 2.24) is 0 Å². The summed E-state index contributed by atoms with van der Waals surface area (Å²) in [4.78, 5) is 11.6. The van der Waals surface area contributed by atoms with Crippen molar-refractivity contribution >= 4 is 37.6 Å². The van der Waals surface area contributed by atoms with Gasteiger partial charge in [-0.05, 0) is 18.2 Å². The fraction of sp³-hybridized carbons (Fsp3) is 0.300. The Morgan fingerprint density at radius 2 is 2.21 bits per heavy atom. The number of carbonyl (C=O) groups is 1. The number of rotatable bonds is 4. The van der Waals surface area contributed by atoms with Gasteiger partial charge in [0.25, 0.3) is 0 Å². The first-order valence-corrected chi connectivity index (χ1v) is 6.03. The number of ketones is 1. The van der Waals surface area contributed by atoms with Crippen LogP contribution in [0.4, 0.5) is 0 Å². The lowest BCUT2D eigenvalue weighted by molar-refractivity contribution is 0.0987. The number of benzene rings is 1. The van der Waals surface area contributed by atoms with Gasteiger partial charge in [-0.15, -0.1) is 0 Å². The lowest BCUT2D eigenvalue weighted by Crippen LogP contribution is -2.02. The van der Waals surface area contributed by atoms with Gasteiger partial charge < -0.3 is 4.74 Å². The molecule has 0 aromatic heterocycles. The minimum absolute atomic E-state index is 0.0891. The highest BCUT2D eigenvalue weighted by atomic mass is 79.9. The summed E-state index contributed by atoms with van der Waals surface area (Å²) in [5.41, 5.74) is 0.634. The number of halogens is 2. The van der Waals surface area contributed by atoms with Crippen molar-refractivity contribution < 1.29 is 9.53 Å². The molecule has 0 aliphatic rings. The third-order valence-corrected chi connectivity index (χ3v) is 2.68. The Kier molecular flexibility index (Phi) is 4.62. The van der Waals surface area contributed by atoms with Gasteiger partial charge in [0, 0.05) is 16.2 Å². The molecular weight excluding hydrogens is 312 g/mol. The first-order valence-electron chi connectivity index (χ1n) is 4.11. The molecule has 0 unspecified atom stereocenters. The number of Topliss-reactive ketones (excluding diaryl/α,β-unsaturated/α-hetero) is 1. The summed E-state index contributed by atoms with van der Waals surface area (Å²) in [6.45, 7) is 0. The van der Waals surface area contributed by atoms with Crippen molar-refractivity contribution in [2.45, 2.75) is 6.42 Å². The van der Waals surface area contributed by atoms with E-state index < -0.39 is 0 Å². The zero-order valence-electron chi connectivity index (χ0n) is 7.72. The van der Waals surface area contributed by atoms with Crippen molar-refractivity contribution in [3.05, 3.63) is 28.2 Å². The zero-order chi connectivity index (χ0) is 10.6. The largest absolute Gasteiger partial charge is 0.496 e. The van der Waals surface area contributed by atoms with Crippen LogP contribution in [-0.4, -0.2) is 18.2 Å². The Hall–Kier alpha value is -0.350. The van der Waals surface area contributed by atoms with Gasteiger partial charge in [-0.25, -0.2) is 0 Å². The second-order valence-corrected chi connectivity index (χ2v) is 4.42. The van der Waals surface area contributed by atoms with Crippen LogP contribution in [0.3, 0.4) is 0 Å². The molecule has 0 spiro atoms. The van der Waals surface area contributed by atoms with Gasteiger partial charge in [-0.2, -0.15) is 0 Å². The molecule has 14 heavy (non-hydrogen) atoms. The molecule has 0 saturated carbocycles. The predicted octanol–water partition coefficient (Wildman–Crippen LogP) is 3.43. The number of hydrogen-bond donors (Lipinski definition) is 0. The van der Waals surface area contributed by atoms with E-state index in [1.807, 2.05) is 6.07 Å². The average Bonchev–Trinajstić information content (AvgIpc) is 2.17. The van der Waals surface area contributed by atoms with Gasteiger partial charge >= 0.3 is 0 Å². The molecule has 76 valence electrons. The molecule has 0 amide bonds. The SMILES string of the molecule is COc1cc(Br)ccc1C(=O)CCBr. The molecule has 0 bridgehead atoms. The molecule has 0 aliphatic heterocycles. The van der Waals surface area contributed by atoms with E-state index in [0.29, 0.717) is 23.1 Å². The fourth-order valence-corrected chi connectivity index (χ4v) is 1.82. The fourth-order valence-electron chi connectivity index (χ4n) is 1.12. The Morgan fingerprint density at radius 3 is 2.79 bits per heavy atom. The molecule has 0 radical (unpaired) electrons. The Balaban J connectivity index is 3.01. The molecular formula is C10H10Br2O2. The van der Waals surface area contributed by atoms with Crippen LogP contribution >= 0.6 is 31.9 Å². The van der Waals surface area contributed by atoms with Crippen molar-refractivity contribution in [2.75, 3.05) is 12.4 Å². The Morgan fingerprint density at radius 1 is 1.50 bits per heavy atom. The van der Waals surface area contributed by atoms with Crippen molar-refractivity contribution in [3.63, 3.8) is 0 Å². The molecule has 4 heteroatoms. The van der Waals surface area contributed by atoms with Crippen molar-refractivity contribution in [3.8, 4) is 5.75 Å².